The molecule has 0 bridgehead atoms. The van der Waals surface area contributed by atoms with Crippen LogP contribution < -0.4 is 5.32 Å². The van der Waals surface area contributed by atoms with Crippen LogP contribution >= 0.6 is 23.1 Å². The Balaban J connectivity index is 1.78. The zero-order valence-electron chi connectivity index (χ0n) is 15.3. The summed E-state index contributed by atoms with van der Waals surface area (Å²) in [6.07, 6.45) is 4.93. The maximum atomic E-state index is 11.9. The predicted octanol–water partition coefficient (Wildman–Crippen LogP) is 3.68. The molecule has 0 fully saturated rings. The van der Waals surface area contributed by atoms with Crippen molar-refractivity contribution in [3.05, 3.63) is 16.5 Å². The number of nitrogens with zero attached hydrogens (tertiary/aromatic N) is 3. The second-order valence-electron chi connectivity index (χ2n) is 6.60. The first-order valence-electron chi connectivity index (χ1n) is 8.99. The highest BCUT2D eigenvalue weighted by Crippen LogP contribution is 2.38. The average molecular weight is 379 g/mol. The van der Waals surface area contributed by atoms with Gasteiger partial charge < -0.3 is 9.88 Å². The molecule has 0 spiro atoms. The fourth-order valence-electron chi connectivity index (χ4n) is 3.22. The molecule has 0 radical (unpaired) electrons. The Bertz CT molecular complexity index is 752. The van der Waals surface area contributed by atoms with Gasteiger partial charge in [-0.3, -0.25) is 4.79 Å². The molecule has 1 aliphatic carbocycles. The average Bonchev–Trinajstić information content (AvgIpc) is 3.18. The molecule has 2 aromatic rings. The first kappa shape index (κ1) is 18.5. The van der Waals surface area contributed by atoms with Gasteiger partial charge in [0.2, 0.25) is 5.91 Å². The van der Waals surface area contributed by atoms with Gasteiger partial charge in [0.05, 0.1) is 10.1 Å². The van der Waals surface area contributed by atoms with E-state index in [9.17, 15) is 4.79 Å². The molecule has 3 rings (SSSR count). The van der Waals surface area contributed by atoms with Gasteiger partial charge in [0.25, 0.3) is 0 Å². The van der Waals surface area contributed by atoms with Crippen molar-refractivity contribution in [3.8, 4) is 10.7 Å². The monoisotopic (exact) mass is 378 g/mol. The van der Waals surface area contributed by atoms with E-state index in [0.29, 0.717) is 6.54 Å². The van der Waals surface area contributed by atoms with Gasteiger partial charge in [-0.05, 0) is 50.7 Å². The number of thiophene rings is 1. The van der Waals surface area contributed by atoms with Crippen molar-refractivity contribution in [1.82, 2.24) is 20.1 Å². The molecule has 0 unspecified atom stereocenters. The number of rotatable bonds is 6. The molecule has 0 aromatic carbocycles. The van der Waals surface area contributed by atoms with Crippen LogP contribution in [-0.2, 0) is 24.7 Å². The van der Waals surface area contributed by atoms with Crippen molar-refractivity contribution in [2.45, 2.75) is 56.9 Å². The molecular formula is C18H26N4OS2. The topological polar surface area (TPSA) is 59.8 Å². The molecule has 2 heterocycles. The molecule has 136 valence electrons. The quantitative estimate of drug-likeness (QED) is 0.779. The maximum absolute atomic E-state index is 11.9. The number of carbonyl (C=O) groups excluding carboxylic acids is 1. The van der Waals surface area contributed by atoms with Crippen molar-refractivity contribution in [3.63, 3.8) is 0 Å². The Hall–Kier alpha value is -1.34. The lowest BCUT2D eigenvalue weighted by atomic mass is 9.87. The lowest BCUT2D eigenvalue weighted by molar-refractivity contribution is -0.120. The largest absolute Gasteiger partial charge is 0.355 e. The number of amides is 1. The van der Waals surface area contributed by atoms with Crippen LogP contribution in [0.4, 0.5) is 0 Å². The summed E-state index contributed by atoms with van der Waals surface area (Å²) in [5.74, 6) is 1.76. The Kier molecular flexibility index (Phi) is 5.84. The van der Waals surface area contributed by atoms with Crippen molar-refractivity contribution >= 4 is 29.0 Å². The molecule has 25 heavy (non-hydrogen) atoms. The van der Waals surface area contributed by atoms with Gasteiger partial charge in [-0.1, -0.05) is 25.1 Å². The molecule has 1 amide bonds. The van der Waals surface area contributed by atoms with Crippen molar-refractivity contribution < 1.29 is 4.79 Å². The first-order valence-corrected chi connectivity index (χ1v) is 10.7. The van der Waals surface area contributed by atoms with Crippen LogP contribution in [0.5, 0.6) is 0 Å². The Morgan fingerprint density at radius 2 is 2.28 bits per heavy atom. The van der Waals surface area contributed by atoms with Gasteiger partial charge in [0.15, 0.2) is 11.0 Å². The van der Waals surface area contributed by atoms with E-state index in [1.807, 2.05) is 36.8 Å². The maximum Gasteiger partial charge on any atom is 0.233 e. The van der Waals surface area contributed by atoms with Crippen LogP contribution in [-0.4, -0.2) is 32.5 Å². The number of carbonyl (C=O) groups is 1. The molecule has 5 nitrogen and oxygen atoms in total. The third kappa shape index (κ3) is 3.92. The van der Waals surface area contributed by atoms with Crippen molar-refractivity contribution in [1.29, 1.82) is 0 Å². The Morgan fingerprint density at radius 1 is 1.48 bits per heavy atom. The normalized spacial score (nSPS) is 18.0. The number of hydrogen-bond acceptors (Lipinski definition) is 5. The van der Waals surface area contributed by atoms with Gasteiger partial charge in [-0.15, -0.1) is 21.5 Å². The number of fused-ring (bicyclic) bond motifs is 1. The smallest absolute Gasteiger partial charge is 0.233 e. The van der Waals surface area contributed by atoms with Crippen LogP contribution in [0, 0.1) is 5.92 Å². The highest BCUT2D eigenvalue weighted by molar-refractivity contribution is 8.00. The SMILES string of the molecule is CCNC(=O)[C@@H](C)Sc1nnc(-c2cc3c(s2)CC[C@H](CC)C3)n1C. The summed E-state index contributed by atoms with van der Waals surface area (Å²) < 4.78 is 2.01. The lowest BCUT2D eigenvalue weighted by Gasteiger charge is -2.19. The first-order chi connectivity index (χ1) is 12.0. The Labute approximate surface area is 157 Å². The van der Waals surface area contributed by atoms with E-state index in [-0.39, 0.29) is 11.2 Å². The van der Waals surface area contributed by atoms with Crippen LogP contribution in [0.1, 0.15) is 44.1 Å². The minimum Gasteiger partial charge on any atom is -0.355 e. The summed E-state index contributed by atoms with van der Waals surface area (Å²) in [4.78, 5) is 14.6. The van der Waals surface area contributed by atoms with Crippen LogP contribution in [0.2, 0.25) is 0 Å². The number of nitrogens with one attached hydrogen (secondary N) is 1. The number of thioether (sulfide) groups is 1. The standard InChI is InChI=1S/C18H26N4OS2/c1-5-12-7-8-14-13(9-12)10-15(25-14)16-20-21-18(22(16)4)24-11(3)17(23)19-6-2/h10-12H,5-9H2,1-4H3,(H,19,23)/t11-,12+/m1/s1. The zero-order valence-corrected chi connectivity index (χ0v) is 17.0. The minimum atomic E-state index is -0.183. The second-order valence-corrected chi connectivity index (χ2v) is 9.04. The highest BCUT2D eigenvalue weighted by atomic mass is 32.2. The summed E-state index contributed by atoms with van der Waals surface area (Å²) >= 11 is 3.30. The third-order valence-corrected chi connectivity index (χ3v) is 7.19. The minimum absolute atomic E-state index is 0.0363. The molecule has 0 saturated heterocycles. The summed E-state index contributed by atoms with van der Waals surface area (Å²) in [6.45, 7) is 6.76. The van der Waals surface area contributed by atoms with Gasteiger partial charge in [0.1, 0.15) is 0 Å². The van der Waals surface area contributed by atoms with Gasteiger partial charge in [-0.25, -0.2) is 0 Å². The van der Waals surface area contributed by atoms with Crippen LogP contribution in [0.25, 0.3) is 10.7 Å². The fourth-order valence-corrected chi connectivity index (χ4v) is 5.29. The molecule has 2 atom stereocenters. The van der Waals surface area contributed by atoms with Crippen LogP contribution in [0.15, 0.2) is 11.2 Å². The van der Waals surface area contributed by atoms with E-state index in [4.69, 9.17) is 0 Å². The molecule has 1 N–H and O–H groups in total. The third-order valence-electron chi connectivity index (χ3n) is 4.82. The van der Waals surface area contributed by atoms with E-state index in [1.165, 1.54) is 52.8 Å². The van der Waals surface area contributed by atoms with Gasteiger partial charge in [-0.2, -0.15) is 0 Å². The van der Waals surface area contributed by atoms with E-state index in [2.05, 4.69) is 28.5 Å². The lowest BCUT2D eigenvalue weighted by Crippen LogP contribution is -2.30. The molecule has 7 heteroatoms. The molecular weight excluding hydrogens is 352 g/mol. The molecule has 2 aromatic heterocycles. The van der Waals surface area contributed by atoms with E-state index in [1.54, 1.807) is 0 Å². The Morgan fingerprint density at radius 3 is 3.00 bits per heavy atom. The van der Waals surface area contributed by atoms with Crippen molar-refractivity contribution in [2.75, 3.05) is 6.54 Å². The summed E-state index contributed by atoms with van der Waals surface area (Å²) in [7, 11) is 1.98. The zero-order chi connectivity index (χ0) is 18.0. The van der Waals surface area contributed by atoms with Crippen LogP contribution in [0.3, 0.4) is 0 Å². The fraction of sp³-hybridized carbons (Fsp3) is 0.611. The van der Waals surface area contributed by atoms with Crippen molar-refractivity contribution in [2.24, 2.45) is 13.0 Å². The van der Waals surface area contributed by atoms with Gasteiger partial charge in [0, 0.05) is 18.5 Å². The molecule has 1 aliphatic rings. The molecule has 0 saturated carbocycles. The highest BCUT2D eigenvalue weighted by Gasteiger charge is 2.23. The summed E-state index contributed by atoms with van der Waals surface area (Å²) in [6, 6.07) is 2.30. The van der Waals surface area contributed by atoms with E-state index in [0.717, 1.165) is 16.9 Å². The number of aromatic nitrogens is 3. The molecule has 0 aliphatic heterocycles. The van der Waals surface area contributed by atoms with Gasteiger partial charge >= 0.3 is 0 Å². The number of hydrogen-bond donors (Lipinski definition) is 1. The second kappa shape index (κ2) is 7.91. The van der Waals surface area contributed by atoms with E-state index < -0.39 is 0 Å². The summed E-state index contributed by atoms with van der Waals surface area (Å²) in [5.41, 5.74) is 1.49. The number of aryl methyl sites for hydroxylation is 1. The summed E-state index contributed by atoms with van der Waals surface area (Å²) in [5, 5.41) is 12.2. The predicted molar refractivity (Wildman–Crippen MR) is 104 cm³/mol. The van der Waals surface area contributed by atoms with E-state index >= 15 is 0 Å².